The molecule has 3 amide bonds. The van der Waals surface area contributed by atoms with Gasteiger partial charge >= 0.3 is 0 Å². The summed E-state index contributed by atoms with van der Waals surface area (Å²) in [6.07, 6.45) is 7.20. The first-order chi connectivity index (χ1) is 14.5. The summed E-state index contributed by atoms with van der Waals surface area (Å²) in [5.74, 6) is -0.00340. The third-order valence-corrected chi connectivity index (χ3v) is 7.39. The minimum atomic E-state index is -0.553. The van der Waals surface area contributed by atoms with Gasteiger partial charge in [-0.25, -0.2) is 0 Å². The number of amides is 3. The van der Waals surface area contributed by atoms with Crippen molar-refractivity contribution in [1.82, 2.24) is 20.9 Å². The maximum Gasteiger partial charge on any atom is 0.255 e. The number of benzene rings is 1. The number of nitrogens with zero attached hydrogens (tertiary/aromatic N) is 1. The Bertz CT molecular complexity index is 879. The van der Waals surface area contributed by atoms with Gasteiger partial charge in [0.15, 0.2) is 0 Å². The topological polar surface area (TPSA) is 90.5 Å². The lowest BCUT2D eigenvalue weighted by atomic mass is 9.68. The molecule has 3 heterocycles. The normalized spacial score (nSPS) is 27.7. The van der Waals surface area contributed by atoms with Gasteiger partial charge in [0.05, 0.1) is 0 Å². The van der Waals surface area contributed by atoms with Crippen LogP contribution in [0.2, 0.25) is 0 Å². The van der Waals surface area contributed by atoms with Gasteiger partial charge in [0.1, 0.15) is 6.04 Å². The smallest absolute Gasteiger partial charge is 0.255 e. The summed E-state index contributed by atoms with van der Waals surface area (Å²) in [5.41, 5.74) is 3.24. The third kappa shape index (κ3) is 3.65. The highest BCUT2D eigenvalue weighted by Gasteiger charge is 2.41. The lowest BCUT2D eigenvalue weighted by Gasteiger charge is -2.48. The van der Waals surface area contributed by atoms with Crippen LogP contribution in [0.25, 0.3) is 0 Å². The second-order valence-corrected chi connectivity index (χ2v) is 9.44. The largest absolute Gasteiger partial charge is 0.322 e. The lowest BCUT2D eigenvalue weighted by Crippen LogP contribution is -2.56. The van der Waals surface area contributed by atoms with Crippen LogP contribution in [-0.4, -0.2) is 47.3 Å². The SMILES string of the molecule is O=C1CCC(N2Cc3cc(CNCC4CCNC5(CCC5)C4)ccc3C2=O)C(=O)N1. The zero-order chi connectivity index (χ0) is 20.7. The van der Waals surface area contributed by atoms with E-state index in [9.17, 15) is 14.4 Å². The van der Waals surface area contributed by atoms with Crippen LogP contribution >= 0.6 is 0 Å². The molecule has 2 atom stereocenters. The fraction of sp³-hybridized carbons (Fsp3) is 0.609. The summed E-state index contributed by atoms with van der Waals surface area (Å²) in [4.78, 5) is 38.0. The number of hydrogen-bond donors (Lipinski definition) is 3. The Kier molecular flexibility index (Phi) is 5.11. The number of carbonyl (C=O) groups excluding carboxylic acids is 3. The Balaban J connectivity index is 1.17. The molecule has 7 heteroatoms. The molecule has 5 rings (SSSR count). The summed E-state index contributed by atoms with van der Waals surface area (Å²) in [6.45, 7) is 3.38. The molecule has 2 unspecified atom stereocenters. The quantitative estimate of drug-likeness (QED) is 0.640. The zero-order valence-corrected chi connectivity index (χ0v) is 17.3. The molecule has 0 aromatic heterocycles. The molecule has 2 saturated heterocycles. The predicted molar refractivity (Wildman–Crippen MR) is 112 cm³/mol. The van der Waals surface area contributed by atoms with Gasteiger partial charge in [-0.05, 0) is 74.7 Å². The standard InChI is InChI=1S/C23H30N4O3/c28-20-5-4-19(21(29)26-20)27-14-17-10-15(2-3-18(17)22(27)30)12-24-13-16-6-9-25-23(11-16)7-1-8-23/h2-3,10,16,19,24-25H,1,4-9,11-14H2,(H,26,28,29). The van der Waals surface area contributed by atoms with Crippen molar-refractivity contribution < 1.29 is 14.4 Å². The number of rotatable bonds is 5. The molecule has 3 N–H and O–H groups in total. The minimum absolute atomic E-state index is 0.112. The van der Waals surface area contributed by atoms with E-state index in [2.05, 4.69) is 22.0 Å². The Morgan fingerprint density at radius 1 is 1.17 bits per heavy atom. The van der Waals surface area contributed by atoms with Crippen LogP contribution in [0.4, 0.5) is 0 Å². The second-order valence-electron chi connectivity index (χ2n) is 9.44. The van der Waals surface area contributed by atoms with Crippen molar-refractivity contribution in [2.45, 2.75) is 69.6 Å². The molecule has 1 aromatic rings. The van der Waals surface area contributed by atoms with Crippen molar-refractivity contribution in [3.63, 3.8) is 0 Å². The molecule has 30 heavy (non-hydrogen) atoms. The number of piperidine rings is 2. The van der Waals surface area contributed by atoms with Crippen molar-refractivity contribution in [3.8, 4) is 0 Å². The molecule has 7 nitrogen and oxygen atoms in total. The second kappa shape index (κ2) is 7.78. The number of nitrogens with one attached hydrogen (secondary N) is 3. The Labute approximate surface area is 177 Å². The predicted octanol–water partition coefficient (Wildman–Crippen LogP) is 1.46. The van der Waals surface area contributed by atoms with E-state index in [1.54, 1.807) is 4.90 Å². The van der Waals surface area contributed by atoms with Crippen LogP contribution < -0.4 is 16.0 Å². The highest BCUT2D eigenvalue weighted by atomic mass is 16.2. The van der Waals surface area contributed by atoms with E-state index in [1.807, 2.05) is 12.1 Å². The first-order valence-electron chi connectivity index (χ1n) is 11.3. The van der Waals surface area contributed by atoms with Gasteiger partial charge in [-0.15, -0.1) is 0 Å². The summed E-state index contributed by atoms with van der Waals surface area (Å²) in [7, 11) is 0. The van der Waals surface area contributed by atoms with Crippen LogP contribution in [-0.2, 0) is 22.7 Å². The summed E-state index contributed by atoms with van der Waals surface area (Å²) in [5, 5.41) is 9.70. The van der Waals surface area contributed by atoms with E-state index in [0.29, 0.717) is 24.1 Å². The van der Waals surface area contributed by atoms with Gasteiger partial charge in [-0.1, -0.05) is 12.1 Å². The Morgan fingerprint density at radius 3 is 2.80 bits per heavy atom. The van der Waals surface area contributed by atoms with Crippen molar-refractivity contribution in [2.75, 3.05) is 13.1 Å². The number of fused-ring (bicyclic) bond motifs is 1. The Hall–Kier alpha value is -2.25. The van der Waals surface area contributed by atoms with Gasteiger partial charge in [-0.3, -0.25) is 19.7 Å². The molecule has 160 valence electrons. The lowest BCUT2D eigenvalue weighted by molar-refractivity contribution is -0.136. The van der Waals surface area contributed by atoms with Gasteiger partial charge in [0, 0.05) is 30.6 Å². The van der Waals surface area contributed by atoms with E-state index >= 15 is 0 Å². The van der Waals surface area contributed by atoms with Crippen molar-refractivity contribution in [1.29, 1.82) is 0 Å². The summed E-state index contributed by atoms with van der Waals surface area (Å²) in [6, 6.07) is 5.42. The van der Waals surface area contributed by atoms with Crippen LogP contribution in [0.3, 0.4) is 0 Å². The van der Waals surface area contributed by atoms with Gasteiger partial charge in [-0.2, -0.15) is 0 Å². The van der Waals surface area contributed by atoms with Crippen molar-refractivity contribution >= 4 is 17.7 Å². The highest BCUT2D eigenvalue weighted by molar-refractivity contribution is 6.05. The average molecular weight is 411 g/mol. The van der Waals surface area contributed by atoms with Crippen molar-refractivity contribution in [3.05, 3.63) is 34.9 Å². The summed E-state index contributed by atoms with van der Waals surface area (Å²) < 4.78 is 0. The molecular formula is C23H30N4O3. The maximum atomic E-state index is 12.8. The first kappa shape index (κ1) is 19.7. The van der Waals surface area contributed by atoms with Gasteiger partial charge in [0.2, 0.25) is 11.8 Å². The molecule has 1 aromatic carbocycles. The molecular weight excluding hydrogens is 380 g/mol. The van der Waals surface area contributed by atoms with Gasteiger partial charge in [0.25, 0.3) is 5.91 Å². The van der Waals surface area contributed by atoms with Gasteiger partial charge < -0.3 is 15.5 Å². The molecule has 0 radical (unpaired) electrons. The van der Waals surface area contributed by atoms with Crippen LogP contribution in [0.5, 0.6) is 0 Å². The van der Waals surface area contributed by atoms with Crippen LogP contribution in [0.1, 0.15) is 66.4 Å². The molecule has 1 spiro atoms. The van der Waals surface area contributed by atoms with E-state index in [0.717, 1.165) is 31.1 Å². The monoisotopic (exact) mass is 410 g/mol. The molecule has 0 bridgehead atoms. The fourth-order valence-corrected chi connectivity index (χ4v) is 5.59. The van der Waals surface area contributed by atoms with E-state index in [1.165, 1.54) is 37.7 Å². The maximum absolute atomic E-state index is 12.8. The van der Waals surface area contributed by atoms with Crippen molar-refractivity contribution in [2.24, 2.45) is 5.92 Å². The average Bonchev–Trinajstić information content (AvgIpc) is 3.03. The Morgan fingerprint density at radius 2 is 2.03 bits per heavy atom. The number of imide groups is 1. The summed E-state index contributed by atoms with van der Waals surface area (Å²) >= 11 is 0. The van der Waals surface area contributed by atoms with E-state index < -0.39 is 6.04 Å². The van der Waals surface area contributed by atoms with Crippen LogP contribution in [0.15, 0.2) is 18.2 Å². The molecule has 1 saturated carbocycles. The third-order valence-electron chi connectivity index (χ3n) is 7.39. The minimum Gasteiger partial charge on any atom is -0.322 e. The number of hydrogen-bond acceptors (Lipinski definition) is 5. The van der Waals surface area contributed by atoms with E-state index in [-0.39, 0.29) is 24.1 Å². The molecule has 3 fully saturated rings. The zero-order valence-electron chi connectivity index (χ0n) is 17.3. The molecule has 3 aliphatic heterocycles. The van der Waals surface area contributed by atoms with E-state index in [4.69, 9.17) is 0 Å². The molecule has 1 aliphatic carbocycles. The highest BCUT2D eigenvalue weighted by Crippen LogP contribution is 2.40. The van der Waals surface area contributed by atoms with Crippen LogP contribution in [0, 0.1) is 5.92 Å². The number of carbonyl (C=O) groups is 3. The molecule has 4 aliphatic rings. The first-order valence-corrected chi connectivity index (χ1v) is 11.3. The fourth-order valence-electron chi connectivity index (χ4n) is 5.59.